The van der Waals surface area contributed by atoms with E-state index in [1.807, 2.05) is 37.3 Å². The molecule has 20 heavy (non-hydrogen) atoms. The molecule has 2 amide bonds. The van der Waals surface area contributed by atoms with Crippen molar-refractivity contribution >= 4 is 11.8 Å². The van der Waals surface area contributed by atoms with Crippen molar-refractivity contribution in [1.29, 1.82) is 0 Å². The van der Waals surface area contributed by atoms with Gasteiger partial charge >= 0.3 is 6.03 Å². The Kier molecular flexibility index (Phi) is 4.55. The maximum Gasteiger partial charge on any atom is 0.320 e. The number of nitrogens with one attached hydrogen (secondary N) is 2. The summed E-state index contributed by atoms with van der Waals surface area (Å²) in [7, 11) is 1.61. The molecule has 0 atom stereocenters. The number of nitrogens with zero attached hydrogens (tertiary/aromatic N) is 1. The normalized spacial score (nSPS) is 9.90. The minimum atomic E-state index is -0.288. The number of anilines is 1. The fourth-order valence-electron chi connectivity index (χ4n) is 1.67. The van der Waals surface area contributed by atoms with Crippen molar-refractivity contribution in [3.05, 3.63) is 53.7 Å². The van der Waals surface area contributed by atoms with Crippen LogP contribution < -0.4 is 15.4 Å². The van der Waals surface area contributed by atoms with Crippen molar-refractivity contribution in [2.45, 2.75) is 13.5 Å². The van der Waals surface area contributed by atoms with Gasteiger partial charge < -0.3 is 10.1 Å². The summed E-state index contributed by atoms with van der Waals surface area (Å²) in [5.41, 5.74) is 2.02. The van der Waals surface area contributed by atoms with E-state index in [1.165, 1.54) is 0 Å². The molecule has 104 valence electrons. The maximum atomic E-state index is 11.7. The number of benzene rings is 1. The van der Waals surface area contributed by atoms with Crippen LogP contribution >= 0.6 is 0 Å². The number of urea groups is 1. The van der Waals surface area contributed by atoms with Crippen molar-refractivity contribution in [1.82, 2.24) is 10.3 Å². The Morgan fingerprint density at radius 1 is 1.30 bits per heavy atom. The fourth-order valence-corrected chi connectivity index (χ4v) is 1.67. The molecule has 1 heterocycles. The molecule has 2 aromatic rings. The topological polar surface area (TPSA) is 63.2 Å². The van der Waals surface area contributed by atoms with E-state index in [0.29, 0.717) is 12.4 Å². The van der Waals surface area contributed by atoms with Crippen LogP contribution in [0.3, 0.4) is 0 Å². The smallest absolute Gasteiger partial charge is 0.320 e. The van der Waals surface area contributed by atoms with Crippen molar-refractivity contribution < 1.29 is 9.53 Å². The first-order valence-electron chi connectivity index (χ1n) is 6.28. The molecule has 0 spiro atoms. The van der Waals surface area contributed by atoms with Gasteiger partial charge in [0, 0.05) is 12.7 Å². The highest BCUT2D eigenvalue weighted by Crippen LogP contribution is 2.12. The molecule has 2 rings (SSSR count). The van der Waals surface area contributed by atoms with E-state index in [9.17, 15) is 4.79 Å². The third-order valence-electron chi connectivity index (χ3n) is 2.74. The second-order valence-corrected chi connectivity index (χ2v) is 4.38. The Bertz CT molecular complexity index is 582. The lowest BCUT2D eigenvalue weighted by Crippen LogP contribution is -2.28. The van der Waals surface area contributed by atoms with Gasteiger partial charge in [-0.05, 0) is 36.2 Å². The Morgan fingerprint density at radius 3 is 2.85 bits per heavy atom. The number of rotatable bonds is 4. The lowest BCUT2D eigenvalue weighted by atomic mass is 10.2. The number of amides is 2. The highest BCUT2D eigenvalue weighted by atomic mass is 16.5. The van der Waals surface area contributed by atoms with Crippen molar-refractivity contribution in [2.75, 3.05) is 12.4 Å². The summed E-state index contributed by atoms with van der Waals surface area (Å²) in [6, 6.07) is 10.9. The van der Waals surface area contributed by atoms with Crippen LogP contribution in [0.2, 0.25) is 0 Å². The van der Waals surface area contributed by atoms with Crippen LogP contribution in [0.15, 0.2) is 42.6 Å². The van der Waals surface area contributed by atoms with E-state index < -0.39 is 0 Å². The fraction of sp³-hybridized carbons (Fsp3) is 0.200. The van der Waals surface area contributed by atoms with E-state index >= 15 is 0 Å². The number of methoxy groups -OCH3 is 1. The molecule has 0 radical (unpaired) electrons. The monoisotopic (exact) mass is 271 g/mol. The van der Waals surface area contributed by atoms with Crippen molar-refractivity contribution in [2.24, 2.45) is 0 Å². The first-order chi connectivity index (χ1) is 9.67. The molecule has 0 saturated carbocycles. The van der Waals surface area contributed by atoms with Gasteiger partial charge in [-0.3, -0.25) is 5.32 Å². The summed E-state index contributed by atoms with van der Waals surface area (Å²) >= 11 is 0. The Morgan fingerprint density at radius 2 is 2.15 bits per heavy atom. The molecule has 0 fully saturated rings. The van der Waals surface area contributed by atoms with Gasteiger partial charge in [-0.25, -0.2) is 9.78 Å². The second-order valence-electron chi connectivity index (χ2n) is 4.38. The predicted octanol–water partition coefficient (Wildman–Crippen LogP) is 2.72. The molecule has 5 nitrogen and oxygen atoms in total. The molecule has 0 unspecified atom stereocenters. The number of hydrogen-bond acceptors (Lipinski definition) is 3. The average Bonchev–Trinajstić information content (AvgIpc) is 2.48. The van der Waals surface area contributed by atoms with Gasteiger partial charge in [-0.15, -0.1) is 0 Å². The predicted molar refractivity (Wildman–Crippen MR) is 77.8 cm³/mol. The summed E-state index contributed by atoms with van der Waals surface area (Å²) in [5, 5.41) is 5.44. The lowest BCUT2D eigenvalue weighted by molar-refractivity contribution is 0.251. The van der Waals surface area contributed by atoms with Gasteiger partial charge in [-0.1, -0.05) is 18.2 Å². The van der Waals surface area contributed by atoms with Crippen LogP contribution in [-0.4, -0.2) is 18.1 Å². The third-order valence-corrected chi connectivity index (χ3v) is 2.74. The molecule has 0 aliphatic carbocycles. The molecule has 1 aromatic carbocycles. The number of carbonyl (C=O) groups excluding carboxylic acids is 1. The SMILES string of the molecule is COc1cccc(CNC(=O)Nc2ccc(C)cn2)c1. The number of ether oxygens (including phenoxy) is 1. The zero-order valence-corrected chi connectivity index (χ0v) is 11.5. The Labute approximate surface area is 118 Å². The highest BCUT2D eigenvalue weighted by Gasteiger charge is 2.03. The van der Waals surface area contributed by atoms with Crippen LogP contribution in [-0.2, 0) is 6.54 Å². The molecule has 0 bridgehead atoms. The highest BCUT2D eigenvalue weighted by molar-refractivity contribution is 5.88. The number of carbonyl (C=O) groups is 1. The lowest BCUT2D eigenvalue weighted by Gasteiger charge is -2.08. The quantitative estimate of drug-likeness (QED) is 0.898. The second kappa shape index (κ2) is 6.56. The van der Waals surface area contributed by atoms with E-state index in [0.717, 1.165) is 16.9 Å². The largest absolute Gasteiger partial charge is 0.497 e. The molecule has 2 N–H and O–H groups in total. The van der Waals surface area contributed by atoms with Crippen molar-refractivity contribution in [3.8, 4) is 5.75 Å². The summed E-state index contributed by atoms with van der Waals surface area (Å²) in [6.07, 6.45) is 1.71. The summed E-state index contributed by atoms with van der Waals surface area (Å²) in [6.45, 7) is 2.37. The first-order valence-corrected chi connectivity index (χ1v) is 6.28. The molecule has 0 aliphatic rings. The van der Waals surface area contributed by atoms with Gasteiger partial charge in [0.25, 0.3) is 0 Å². The third kappa shape index (κ3) is 3.98. The van der Waals surface area contributed by atoms with Crippen LogP contribution in [0, 0.1) is 6.92 Å². The summed E-state index contributed by atoms with van der Waals surface area (Å²) in [5.74, 6) is 1.30. The minimum absolute atomic E-state index is 0.288. The van der Waals surface area contributed by atoms with Crippen molar-refractivity contribution in [3.63, 3.8) is 0 Å². The number of aryl methyl sites for hydroxylation is 1. The number of hydrogen-bond donors (Lipinski definition) is 2. The van der Waals surface area contributed by atoms with Gasteiger partial charge in [0.2, 0.25) is 0 Å². The van der Waals surface area contributed by atoms with Crippen LogP contribution in [0.4, 0.5) is 10.6 Å². The summed E-state index contributed by atoms with van der Waals surface area (Å²) in [4.78, 5) is 15.8. The van der Waals surface area contributed by atoms with Gasteiger partial charge in [0.05, 0.1) is 7.11 Å². The molecule has 5 heteroatoms. The van der Waals surface area contributed by atoms with Gasteiger partial charge in [-0.2, -0.15) is 0 Å². The minimum Gasteiger partial charge on any atom is -0.497 e. The number of pyridine rings is 1. The first kappa shape index (κ1) is 13.9. The molecule has 0 aliphatic heterocycles. The average molecular weight is 271 g/mol. The zero-order chi connectivity index (χ0) is 14.4. The van der Waals surface area contributed by atoms with Gasteiger partial charge in [0.1, 0.15) is 11.6 Å². The summed E-state index contributed by atoms with van der Waals surface area (Å²) < 4.78 is 5.13. The standard InChI is InChI=1S/C15H17N3O2/c1-11-6-7-14(16-9-11)18-15(19)17-10-12-4-3-5-13(8-12)20-2/h3-9H,10H2,1-2H3,(H2,16,17,18,19). The van der Waals surface area contributed by atoms with E-state index in [-0.39, 0.29) is 6.03 Å². The van der Waals surface area contributed by atoms with E-state index in [1.54, 1.807) is 19.4 Å². The Hall–Kier alpha value is -2.56. The number of aromatic nitrogens is 1. The van der Waals surface area contributed by atoms with E-state index in [4.69, 9.17) is 4.74 Å². The van der Waals surface area contributed by atoms with E-state index in [2.05, 4.69) is 15.6 Å². The molecule has 0 saturated heterocycles. The maximum absolute atomic E-state index is 11.7. The van der Waals surface area contributed by atoms with Crippen LogP contribution in [0.25, 0.3) is 0 Å². The zero-order valence-electron chi connectivity index (χ0n) is 11.5. The van der Waals surface area contributed by atoms with Crippen LogP contribution in [0.1, 0.15) is 11.1 Å². The molecular formula is C15H17N3O2. The van der Waals surface area contributed by atoms with Crippen LogP contribution in [0.5, 0.6) is 5.75 Å². The Balaban J connectivity index is 1.87. The molecular weight excluding hydrogens is 254 g/mol. The van der Waals surface area contributed by atoms with Gasteiger partial charge in [0.15, 0.2) is 0 Å². The molecule has 1 aromatic heterocycles.